The number of nitrogens with one attached hydrogen (secondary N) is 1. The summed E-state index contributed by atoms with van der Waals surface area (Å²) in [5, 5.41) is 2.68. The lowest BCUT2D eigenvalue weighted by atomic mass is 9.89. The van der Waals surface area contributed by atoms with Gasteiger partial charge in [-0.3, -0.25) is 4.79 Å². The molecule has 1 aromatic carbocycles. The molecule has 1 N–H and O–H groups in total. The molecule has 158 valence electrons. The van der Waals surface area contributed by atoms with E-state index in [0.29, 0.717) is 25.2 Å². The molecule has 0 saturated carbocycles. The Morgan fingerprint density at radius 3 is 2.31 bits per heavy atom. The second-order valence-corrected chi connectivity index (χ2v) is 7.03. The highest BCUT2D eigenvalue weighted by Gasteiger charge is 2.38. The van der Waals surface area contributed by atoms with Crippen LogP contribution in [0.4, 0.5) is 26.3 Å². The van der Waals surface area contributed by atoms with E-state index in [1.165, 1.54) is 6.20 Å². The zero-order valence-corrected chi connectivity index (χ0v) is 15.5. The molecule has 3 rings (SSSR count). The maximum atomic E-state index is 13.1. The Morgan fingerprint density at radius 1 is 1.14 bits per heavy atom. The number of amides is 1. The first kappa shape index (κ1) is 21.2. The Labute approximate surface area is 162 Å². The summed E-state index contributed by atoms with van der Waals surface area (Å²) in [7, 11) is 0. The lowest BCUT2D eigenvalue weighted by Crippen LogP contribution is -2.24. The summed E-state index contributed by atoms with van der Waals surface area (Å²) in [5.74, 6) is -0.318. The Kier molecular flexibility index (Phi) is 5.64. The molecular formula is C19H19F6N3O. The Hall–Kier alpha value is -2.52. The van der Waals surface area contributed by atoms with Gasteiger partial charge in [-0.1, -0.05) is 6.92 Å². The number of alkyl halides is 6. The molecule has 1 atom stereocenters. The number of hydrogen-bond acceptors (Lipinski definition) is 2. The Bertz CT molecular complexity index is 868. The van der Waals surface area contributed by atoms with E-state index < -0.39 is 29.4 Å². The molecule has 1 aliphatic rings. The smallest absolute Gasteiger partial charge is 0.351 e. The van der Waals surface area contributed by atoms with Crippen molar-refractivity contribution in [2.45, 2.75) is 51.0 Å². The molecule has 2 heterocycles. The first-order valence-electron chi connectivity index (χ1n) is 9.12. The minimum atomic E-state index is -4.88. The summed E-state index contributed by atoms with van der Waals surface area (Å²) in [6, 6.07) is 1.68. The van der Waals surface area contributed by atoms with Gasteiger partial charge in [0.15, 0.2) is 0 Å². The third-order valence-corrected chi connectivity index (χ3v) is 4.84. The van der Waals surface area contributed by atoms with Crippen molar-refractivity contribution in [3.05, 3.63) is 52.6 Å². The molecule has 1 amide bonds. The average Bonchev–Trinajstić information content (AvgIpc) is 3.07. The number of hydrogen-bond donors (Lipinski definition) is 1. The number of benzene rings is 1. The van der Waals surface area contributed by atoms with E-state index in [-0.39, 0.29) is 29.8 Å². The summed E-state index contributed by atoms with van der Waals surface area (Å²) < 4.78 is 80.3. The minimum absolute atomic E-state index is 0.0246. The van der Waals surface area contributed by atoms with Gasteiger partial charge in [-0.15, -0.1) is 0 Å². The van der Waals surface area contributed by atoms with Crippen molar-refractivity contribution in [2.24, 2.45) is 0 Å². The molecule has 0 spiro atoms. The van der Waals surface area contributed by atoms with Crippen LogP contribution in [0.3, 0.4) is 0 Å². The van der Waals surface area contributed by atoms with E-state index in [4.69, 9.17) is 0 Å². The van der Waals surface area contributed by atoms with Crippen molar-refractivity contribution in [3.8, 4) is 0 Å². The predicted octanol–water partition coefficient (Wildman–Crippen LogP) is 4.79. The number of fused-ring (bicyclic) bond motifs is 1. The van der Waals surface area contributed by atoms with Crippen LogP contribution in [-0.2, 0) is 25.3 Å². The first-order valence-corrected chi connectivity index (χ1v) is 9.12. The molecule has 0 radical (unpaired) electrons. The molecule has 1 aliphatic heterocycles. The number of aryl methyl sites for hydroxylation is 1. The molecule has 1 aromatic heterocycles. The fraction of sp³-hybridized carbons (Fsp3) is 0.474. The van der Waals surface area contributed by atoms with Crippen molar-refractivity contribution in [3.63, 3.8) is 0 Å². The van der Waals surface area contributed by atoms with Crippen LogP contribution in [0.1, 0.15) is 58.7 Å². The van der Waals surface area contributed by atoms with E-state index in [1.807, 2.05) is 6.92 Å². The highest BCUT2D eigenvalue weighted by Crippen LogP contribution is 2.39. The van der Waals surface area contributed by atoms with E-state index >= 15 is 0 Å². The van der Waals surface area contributed by atoms with Crippen LogP contribution >= 0.6 is 0 Å². The summed E-state index contributed by atoms with van der Waals surface area (Å²) >= 11 is 0. The molecular weight excluding hydrogens is 400 g/mol. The molecule has 0 unspecified atom stereocenters. The first-order chi connectivity index (χ1) is 13.5. The quantitative estimate of drug-likeness (QED) is 0.725. The topological polar surface area (TPSA) is 46.9 Å². The van der Waals surface area contributed by atoms with Crippen molar-refractivity contribution in [2.75, 3.05) is 6.54 Å². The molecule has 2 aromatic rings. The van der Waals surface area contributed by atoms with Crippen LogP contribution in [-0.4, -0.2) is 22.0 Å². The zero-order chi connectivity index (χ0) is 21.4. The van der Waals surface area contributed by atoms with Gasteiger partial charge in [0.1, 0.15) is 11.5 Å². The normalized spacial score (nSPS) is 17.1. The second kappa shape index (κ2) is 7.72. The summed E-state index contributed by atoms with van der Waals surface area (Å²) in [4.78, 5) is 16.3. The number of carbonyl (C=O) groups is 1. The van der Waals surface area contributed by atoms with Crippen LogP contribution in [0.15, 0.2) is 24.4 Å². The van der Waals surface area contributed by atoms with E-state index in [1.54, 1.807) is 4.57 Å². The molecule has 0 aliphatic carbocycles. The minimum Gasteiger partial charge on any atom is -0.351 e. The number of rotatable bonds is 4. The van der Waals surface area contributed by atoms with Gasteiger partial charge >= 0.3 is 12.4 Å². The van der Waals surface area contributed by atoms with Gasteiger partial charge in [-0.05, 0) is 36.6 Å². The third kappa shape index (κ3) is 4.73. The van der Waals surface area contributed by atoms with Gasteiger partial charge in [0.2, 0.25) is 0 Å². The highest BCUT2D eigenvalue weighted by molar-refractivity contribution is 5.92. The summed E-state index contributed by atoms with van der Waals surface area (Å²) in [5.41, 5.74) is -2.48. The second-order valence-electron chi connectivity index (χ2n) is 7.03. The van der Waals surface area contributed by atoms with Crippen LogP contribution in [0, 0.1) is 0 Å². The Balaban J connectivity index is 1.90. The van der Waals surface area contributed by atoms with Gasteiger partial charge < -0.3 is 9.88 Å². The van der Waals surface area contributed by atoms with E-state index in [2.05, 4.69) is 10.3 Å². The van der Waals surface area contributed by atoms with Gasteiger partial charge in [0, 0.05) is 31.6 Å². The third-order valence-electron chi connectivity index (χ3n) is 4.84. The fourth-order valence-corrected chi connectivity index (χ4v) is 3.37. The maximum Gasteiger partial charge on any atom is 0.416 e. The SMILES string of the molecule is CCCNC(=O)c1cn2c(n1)CC[C@H](c1cc(C(F)(F)F)cc(C(F)(F)F)c1)C2. The maximum absolute atomic E-state index is 13.1. The molecule has 4 nitrogen and oxygen atoms in total. The number of halogens is 6. The number of carbonyl (C=O) groups excluding carboxylic acids is 1. The standard InChI is InChI=1S/C19H19F6N3O/c1-2-5-26-17(29)15-10-28-9-11(3-4-16(28)27-15)12-6-13(18(20,21)22)8-14(7-12)19(23,24)25/h6-8,10-11H,2-5,9H2,1H3,(H,26,29)/t11-/m0/s1. The van der Waals surface area contributed by atoms with Crippen molar-refractivity contribution < 1.29 is 31.1 Å². The van der Waals surface area contributed by atoms with Crippen molar-refractivity contribution >= 4 is 5.91 Å². The molecule has 0 fully saturated rings. The van der Waals surface area contributed by atoms with Crippen LogP contribution < -0.4 is 5.32 Å². The monoisotopic (exact) mass is 419 g/mol. The molecule has 29 heavy (non-hydrogen) atoms. The number of nitrogens with zero attached hydrogens (tertiary/aromatic N) is 2. The van der Waals surface area contributed by atoms with Gasteiger partial charge in [-0.2, -0.15) is 26.3 Å². The molecule has 10 heteroatoms. The number of aromatic nitrogens is 2. The average molecular weight is 419 g/mol. The summed E-state index contributed by atoms with van der Waals surface area (Å²) in [6.07, 6.45) is -6.83. The summed E-state index contributed by atoms with van der Waals surface area (Å²) in [6.45, 7) is 2.53. The Morgan fingerprint density at radius 2 is 1.76 bits per heavy atom. The zero-order valence-electron chi connectivity index (χ0n) is 15.5. The van der Waals surface area contributed by atoms with Crippen LogP contribution in [0.5, 0.6) is 0 Å². The van der Waals surface area contributed by atoms with Crippen LogP contribution in [0.2, 0.25) is 0 Å². The lowest BCUT2D eigenvalue weighted by Gasteiger charge is -2.25. The molecule has 0 saturated heterocycles. The van der Waals surface area contributed by atoms with Crippen LogP contribution in [0.25, 0.3) is 0 Å². The van der Waals surface area contributed by atoms with Crippen molar-refractivity contribution in [1.29, 1.82) is 0 Å². The van der Waals surface area contributed by atoms with Gasteiger partial charge in [0.25, 0.3) is 5.91 Å². The van der Waals surface area contributed by atoms with E-state index in [0.717, 1.165) is 18.6 Å². The van der Waals surface area contributed by atoms with Crippen molar-refractivity contribution in [1.82, 2.24) is 14.9 Å². The number of imidazole rings is 1. The molecule has 0 bridgehead atoms. The fourth-order valence-electron chi connectivity index (χ4n) is 3.37. The predicted molar refractivity (Wildman–Crippen MR) is 92.4 cm³/mol. The highest BCUT2D eigenvalue weighted by atomic mass is 19.4. The van der Waals surface area contributed by atoms with E-state index in [9.17, 15) is 31.1 Å². The largest absolute Gasteiger partial charge is 0.416 e. The lowest BCUT2D eigenvalue weighted by molar-refractivity contribution is -0.143. The van der Waals surface area contributed by atoms with Gasteiger partial charge in [-0.25, -0.2) is 4.98 Å². The van der Waals surface area contributed by atoms with Gasteiger partial charge in [0.05, 0.1) is 11.1 Å².